The first-order valence-electron chi connectivity index (χ1n) is 10.6. The van der Waals surface area contributed by atoms with Crippen LogP contribution in [0.15, 0.2) is 67.3 Å². The zero-order chi connectivity index (χ0) is 21.3. The van der Waals surface area contributed by atoms with Crippen LogP contribution in [0.25, 0.3) is 10.9 Å². The van der Waals surface area contributed by atoms with Gasteiger partial charge in [0.1, 0.15) is 5.60 Å². The maximum absolute atomic E-state index is 13.1. The van der Waals surface area contributed by atoms with Gasteiger partial charge in [-0.3, -0.25) is 4.90 Å². The Labute approximate surface area is 178 Å². The molecule has 1 atom stereocenters. The van der Waals surface area contributed by atoms with Crippen LogP contribution >= 0.6 is 0 Å². The summed E-state index contributed by atoms with van der Waals surface area (Å²) in [6.45, 7) is 11.1. The molecule has 0 N–H and O–H groups in total. The molecule has 4 rings (SSSR count). The second-order valence-corrected chi connectivity index (χ2v) is 8.92. The second-order valence-electron chi connectivity index (χ2n) is 8.92. The second kappa shape index (κ2) is 8.02. The number of benzene rings is 2. The van der Waals surface area contributed by atoms with Gasteiger partial charge in [0, 0.05) is 29.7 Å². The molecule has 0 unspecified atom stereocenters. The van der Waals surface area contributed by atoms with Gasteiger partial charge in [-0.2, -0.15) is 0 Å². The Morgan fingerprint density at radius 1 is 1.13 bits per heavy atom. The van der Waals surface area contributed by atoms with E-state index in [-0.39, 0.29) is 12.1 Å². The molecular weight excluding hydrogens is 372 g/mol. The number of fused-ring (bicyclic) bond motifs is 3. The van der Waals surface area contributed by atoms with Gasteiger partial charge in [-0.25, -0.2) is 4.79 Å². The predicted octanol–water partition coefficient (Wildman–Crippen LogP) is 6.10. The first kappa shape index (κ1) is 20.3. The fourth-order valence-electron chi connectivity index (χ4n) is 4.45. The molecule has 4 nitrogen and oxygen atoms in total. The molecule has 156 valence electrons. The molecule has 2 heterocycles. The van der Waals surface area contributed by atoms with Crippen molar-refractivity contribution in [2.45, 2.75) is 51.8 Å². The number of hydrogen-bond donors (Lipinski definition) is 0. The third-order valence-corrected chi connectivity index (χ3v) is 5.62. The minimum absolute atomic E-state index is 0.0859. The smallest absolute Gasteiger partial charge is 0.410 e. The van der Waals surface area contributed by atoms with Crippen molar-refractivity contribution in [2.75, 3.05) is 6.54 Å². The summed E-state index contributed by atoms with van der Waals surface area (Å²) in [5, 5.41) is 1.28. The normalized spacial score (nSPS) is 16.4. The highest BCUT2D eigenvalue weighted by Crippen LogP contribution is 2.40. The Kier molecular flexibility index (Phi) is 5.42. The summed E-state index contributed by atoms with van der Waals surface area (Å²) in [6, 6.07) is 19.0. The van der Waals surface area contributed by atoms with Crippen LogP contribution in [0.1, 0.15) is 50.1 Å². The molecule has 1 aliphatic heterocycles. The molecule has 1 aliphatic rings. The summed E-state index contributed by atoms with van der Waals surface area (Å²) in [7, 11) is 0. The molecule has 0 aliphatic carbocycles. The van der Waals surface area contributed by atoms with Crippen molar-refractivity contribution in [1.29, 1.82) is 0 Å². The summed E-state index contributed by atoms with van der Waals surface area (Å²) >= 11 is 0. The maximum Gasteiger partial charge on any atom is 0.410 e. The molecular formula is C26H30N2O2. The lowest BCUT2D eigenvalue weighted by Gasteiger charge is -2.37. The van der Waals surface area contributed by atoms with Gasteiger partial charge >= 0.3 is 6.09 Å². The molecule has 2 aromatic carbocycles. The summed E-state index contributed by atoms with van der Waals surface area (Å²) in [6.07, 6.45) is 3.17. The van der Waals surface area contributed by atoms with Gasteiger partial charge in [-0.15, -0.1) is 6.58 Å². The number of rotatable bonds is 4. The Balaban J connectivity index is 1.84. The molecule has 0 saturated heterocycles. The highest BCUT2D eigenvalue weighted by atomic mass is 16.6. The van der Waals surface area contributed by atoms with Gasteiger partial charge in [0.25, 0.3) is 0 Å². The third-order valence-electron chi connectivity index (χ3n) is 5.62. The van der Waals surface area contributed by atoms with Crippen LogP contribution in [0, 0.1) is 0 Å². The van der Waals surface area contributed by atoms with Crippen molar-refractivity contribution in [3.63, 3.8) is 0 Å². The topological polar surface area (TPSA) is 34.5 Å². The van der Waals surface area contributed by atoms with E-state index in [2.05, 4.69) is 59.7 Å². The number of aromatic nitrogens is 1. The number of para-hydroxylation sites is 1. The number of amides is 1. The third kappa shape index (κ3) is 3.87. The van der Waals surface area contributed by atoms with E-state index in [1.165, 1.54) is 27.7 Å². The SMILES string of the molecule is C=CC[C@H]1c2c(c3ccccc3n2Cc2ccccc2)CCN1C(=O)OC(C)(C)C. The van der Waals surface area contributed by atoms with Crippen LogP contribution in [0.2, 0.25) is 0 Å². The number of hydrogen-bond acceptors (Lipinski definition) is 2. The number of nitrogens with zero attached hydrogens (tertiary/aromatic N) is 2. The van der Waals surface area contributed by atoms with E-state index >= 15 is 0 Å². The first-order valence-corrected chi connectivity index (χ1v) is 10.6. The van der Waals surface area contributed by atoms with Crippen molar-refractivity contribution in [3.8, 4) is 0 Å². The van der Waals surface area contributed by atoms with Gasteiger partial charge < -0.3 is 9.30 Å². The monoisotopic (exact) mass is 402 g/mol. The van der Waals surface area contributed by atoms with Gasteiger partial charge in [0.2, 0.25) is 0 Å². The molecule has 0 radical (unpaired) electrons. The standard InChI is InChI=1S/C26H30N2O2/c1-5-11-23-24-21(16-17-27(23)25(29)30-26(2,3)4)20-14-9-10-15-22(20)28(24)18-19-12-7-6-8-13-19/h5-10,12-15,23H,1,11,16-18H2,2-4H3/t23-/m0/s1. The maximum atomic E-state index is 13.1. The average molecular weight is 403 g/mol. The Morgan fingerprint density at radius 2 is 1.83 bits per heavy atom. The summed E-state index contributed by atoms with van der Waals surface area (Å²) in [5.41, 5.74) is 4.48. The van der Waals surface area contributed by atoms with Crippen LogP contribution in [-0.4, -0.2) is 27.7 Å². The summed E-state index contributed by atoms with van der Waals surface area (Å²) in [4.78, 5) is 14.9. The van der Waals surface area contributed by atoms with Crippen LogP contribution in [0.4, 0.5) is 4.79 Å². The molecule has 4 heteroatoms. The minimum Gasteiger partial charge on any atom is -0.444 e. The van der Waals surface area contributed by atoms with Crippen molar-refractivity contribution in [1.82, 2.24) is 9.47 Å². The van der Waals surface area contributed by atoms with Crippen molar-refractivity contribution in [2.24, 2.45) is 0 Å². The fourth-order valence-corrected chi connectivity index (χ4v) is 4.45. The van der Waals surface area contributed by atoms with E-state index in [1.54, 1.807) is 0 Å². The van der Waals surface area contributed by atoms with E-state index < -0.39 is 5.60 Å². The number of carbonyl (C=O) groups excluding carboxylic acids is 1. The largest absolute Gasteiger partial charge is 0.444 e. The highest BCUT2D eigenvalue weighted by molar-refractivity contribution is 5.87. The van der Waals surface area contributed by atoms with Gasteiger partial charge in [0.05, 0.1) is 6.04 Å². The number of ether oxygens (including phenoxy) is 1. The fraction of sp³-hybridized carbons (Fsp3) is 0.346. The average Bonchev–Trinajstić information content (AvgIpc) is 3.02. The number of carbonyl (C=O) groups is 1. The lowest BCUT2D eigenvalue weighted by Crippen LogP contribution is -2.43. The lowest BCUT2D eigenvalue weighted by molar-refractivity contribution is 0.0137. The van der Waals surface area contributed by atoms with Gasteiger partial charge in [-0.1, -0.05) is 54.6 Å². The Morgan fingerprint density at radius 3 is 2.53 bits per heavy atom. The van der Waals surface area contributed by atoms with Crippen molar-refractivity contribution >= 4 is 17.0 Å². The molecule has 1 amide bonds. The molecule has 0 bridgehead atoms. The van der Waals surface area contributed by atoms with E-state index in [1.807, 2.05) is 37.8 Å². The van der Waals surface area contributed by atoms with Crippen LogP contribution in [0.5, 0.6) is 0 Å². The highest BCUT2D eigenvalue weighted by Gasteiger charge is 2.36. The Hall–Kier alpha value is -3.01. The minimum atomic E-state index is -0.521. The van der Waals surface area contributed by atoms with Crippen LogP contribution < -0.4 is 0 Å². The van der Waals surface area contributed by atoms with Gasteiger partial charge in [0.15, 0.2) is 0 Å². The van der Waals surface area contributed by atoms with E-state index in [9.17, 15) is 4.79 Å². The zero-order valence-corrected chi connectivity index (χ0v) is 18.1. The van der Waals surface area contributed by atoms with E-state index in [0.717, 1.165) is 13.0 Å². The quantitative estimate of drug-likeness (QED) is 0.494. The zero-order valence-electron chi connectivity index (χ0n) is 18.1. The van der Waals surface area contributed by atoms with E-state index in [4.69, 9.17) is 4.74 Å². The summed E-state index contributed by atoms with van der Waals surface area (Å²) < 4.78 is 8.12. The lowest BCUT2D eigenvalue weighted by atomic mass is 9.95. The van der Waals surface area contributed by atoms with Crippen LogP contribution in [0.3, 0.4) is 0 Å². The summed E-state index contributed by atoms with van der Waals surface area (Å²) in [5.74, 6) is 0. The molecule has 1 aromatic heterocycles. The molecule has 0 fully saturated rings. The van der Waals surface area contributed by atoms with E-state index in [0.29, 0.717) is 13.0 Å². The van der Waals surface area contributed by atoms with Crippen LogP contribution in [-0.2, 0) is 17.7 Å². The van der Waals surface area contributed by atoms with Crippen molar-refractivity contribution in [3.05, 3.63) is 84.1 Å². The molecule has 0 spiro atoms. The van der Waals surface area contributed by atoms with Crippen molar-refractivity contribution < 1.29 is 9.53 Å². The Bertz CT molecular complexity index is 1060. The predicted molar refractivity (Wildman–Crippen MR) is 122 cm³/mol. The first-order chi connectivity index (χ1) is 14.4. The molecule has 0 saturated carbocycles. The molecule has 30 heavy (non-hydrogen) atoms. The van der Waals surface area contributed by atoms with Gasteiger partial charge in [-0.05, 0) is 50.8 Å². The molecule has 3 aromatic rings.